The number of aliphatic hydroxyl groups excluding tert-OH is 1. The lowest BCUT2D eigenvalue weighted by molar-refractivity contribution is -0.295. The van der Waals surface area contributed by atoms with Gasteiger partial charge in [0.05, 0.1) is 29.3 Å². The smallest absolute Gasteiger partial charge is 0.414 e. The van der Waals surface area contributed by atoms with Crippen LogP contribution in [-0.2, 0) is 15.9 Å². The van der Waals surface area contributed by atoms with Gasteiger partial charge >= 0.3 is 18.0 Å². The van der Waals surface area contributed by atoms with Crippen LogP contribution in [0.2, 0.25) is 0 Å². The number of rotatable bonds is 19. The highest BCUT2D eigenvalue weighted by Gasteiger charge is 2.24. The number of nitrogens with one attached hydrogen (secondary N) is 2. The van der Waals surface area contributed by atoms with E-state index in [1.54, 1.807) is 100 Å². The molecule has 2 aromatic heterocycles. The molecule has 0 bridgehead atoms. The number of carbonyl (C=O) groups excluding carboxylic acids is 1. The third-order valence-corrected chi connectivity index (χ3v) is 9.37. The summed E-state index contributed by atoms with van der Waals surface area (Å²) in [5.41, 5.74) is 3.72. The number of amides is 1. The number of aliphatic hydroxyl groups is 1. The molecular formula is C46H45N5O10. The normalized spacial score (nSPS) is 12.9. The fraction of sp³-hybridized carbons (Fsp3) is 0.196. The lowest BCUT2D eigenvalue weighted by Gasteiger charge is -2.25. The van der Waals surface area contributed by atoms with Gasteiger partial charge in [-0.1, -0.05) is 66.7 Å². The van der Waals surface area contributed by atoms with Gasteiger partial charge in [-0.05, 0) is 90.7 Å². The maximum Gasteiger partial charge on any atom is 0.414 e. The van der Waals surface area contributed by atoms with Gasteiger partial charge in [0.25, 0.3) is 6.48 Å². The van der Waals surface area contributed by atoms with E-state index in [0.29, 0.717) is 34.1 Å². The SMILES string of the molecule is CC(Cc1ccc(C(Nc2ccccn2)c2ccc(C(=O)O)cc2)c(OC(=O)N(C)C)c1)OC(O)OCOc1ccccc1C(Nc1ccccn1)c1ccc(C(=O)O)cc1. The summed E-state index contributed by atoms with van der Waals surface area (Å²) in [6.45, 7) is -0.295. The molecule has 61 heavy (non-hydrogen) atoms. The molecule has 5 N–H and O–H groups in total. The zero-order chi connectivity index (χ0) is 43.3. The molecule has 4 atom stereocenters. The first-order valence-corrected chi connectivity index (χ1v) is 19.2. The van der Waals surface area contributed by atoms with E-state index < -0.39 is 42.7 Å². The van der Waals surface area contributed by atoms with Gasteiger partial charge in [0, 0.05) is 37.6 Å². The summed E-state index contributed by atoms with van der Waals surface area (Å²) in [5, 5.41) is 36.4. The van der Waals surface area contributed by atoms with Crippen molar-refractivity contribution in [3.8, 4) is 11.5 Å². The van der Waals surface area contributed by atoms with Gasteiger partial charge in [-0.2, -0.15) is 0 Å². The predicted molar refractivity (Wildman–Crippen MR) is 226 cm³/mol. The van der Waals surface area contributed by atoms with Crippen LogP contribution >= 0.6 is 0 Å². The van der Waals surface area contributed by atoms with Gasteiger partial charge < -0.3 is 45.1 Å². The number of anilines is 2. The summed E-state index contributed by atoms with van der Waals surface area (Å²) in [4.78, 5) is 46.1. The van der Waals surface area contributed by atoms with E-state index in [2.05, 4.69) is 20.6 Å². The molecule has 0 fully saturated rings. The van der Waals surface area contributed by atoms with Gasteiger partial charge in [-0.25, -0.2) is 24.4 Å². The molecule has 2 heterocycles. The first kappa shape index (κ1) is 43.3. The molecule has 0 saturated heterocycles. The summed E-state index contributed by atoms with van der Waals surface area (Å²) >= 11 is 0. The number of carbonyl (C=O) groups is 3. The molecule has 6 aromatic rings. The second-order valence-electron chi connectivity index (χ2n) is 14.0. The number of benzene rings is 4. The van der Waals surface area contributed by atoms with Crippen molar-refractivity contribution < 1.29 is 48.7 Å². The fourth-order valence-corrected chi connectivity index (χ4v) is 6.35. The van der Waals surface area contributed by atoms with Crippen molar-refractivity contribution in [1.29, 1.82) is 0 Å². The van der Waals surface area contributed by atoms with Crippen LogP contribution in [0.25, 0.3) is 0 Å². The largest absolute Gasteiger partial charge is 0.478 e. The molecule has 0 radical (unpaired) electrons. The molecule has 15 nitrogen and oxygen atoms in total. The lowest BCUT2D eigenvalue weighted by Crippen LogP contribution is -2.27. The number of aromatic nitrogens is 2. The summed E-state index contributed by atoms with van der Waals surface area (Å²) in [7, 11) is 3.14. The van der Waals surface area contributed by atoms with Crippen molar-refractivity contribution >= 4 is 29.7 Å². The highest BCUT2D eigenvalue weighted by atomic mass is 16.8. The Morgan fingerprint density at radius 2 is 1.20 bits per heavy atom. The molecule has 0 saturated carbocycles. The number of hydrogen-bond acceptors (Lipinski definition) is 12. The second-order valence-corrected chi connectivity index (χ2v) is 14.0. The Kier molecular flexibility index (Phi) is 14.6. The van der Waals surface area contributed by atoms with Crippen LogP contribution in [0.15, 0.2) is 140 Å². The van der Waals surface area contributed by atoms with Gasteiger partial charge in [0.1, 0.15) is 23.1 Å². The number of para-hydroxylation sites is 1. The summed E-state index contributed by atoms with van der Waals surface area (Å²) in [6, 6.07) is 35.2. The van der Waals surface area contributed by atoms with E-state index in [1.165, 1.54) is 29.2 Å². The molecule has 0 aliphatic carbocycles. The van der Waals surface area contributed by atoms with Crippen LogP contribution in [-0.4, -0.2) is 81.7 Å². The van der Waals surface area contributed by atoms with E-state index in [1.807, 2.05) is 36.4 Å². The number of carboxylic acids is 2. The Morgan fingerprint density at radius 1 is 0.672 bits per heavy atom. The van der Waals surface area contributed by atoms with Crippen molar-refractivity contribution in [2.24, 2.45) is 0 Å². The van der Waals surface area contributed by atoms with Gasteiger partial charge in [0.15, 0.2) is 6.79 Å². The number of hydrogen-bond donors (Lipinski definition) is 5. The zero-order valence-electron chi connectivity index (χ0n) is 33.5. The van der Waals surface area contributed by atoms with Crippen LogP contribution < -0.4 is 20.1 Å². The van der Waals surface area contributed by atoms with Crippen LogP contribution in [0, 0.1) is 0 Å². The topological polar surface area (TPSA) is 202 Å². The average molecular weight is 828 g/mol. The van der Waals surface area contributed by atoms with E-state index in [9.17, 15) is 29.7 Å². The third kappa shape index (κ3) is 11.9. The van der Waals surface area contributed by atoms with Crippen molar-refractivity contribution in [2.45, 2.75) is 38.0 Å². The Balaban J connectivity index is 1.15. The number of aromatic carboxylic acids is 2. The molecular weight excluding hydrogens is 783 g/mol. The van der Waals surface area contributed by atoms with Crippen LogP contribution in [0.5, 0.6) is 11.5 Å². The van der Waals surface area contributed by atoms with Crippen molar-refractivity contribution in [3.05, 3.63) is 179 Å². The summed E-state index contributed by atoms with van der Waals surface area (Å²) in [6.07, 6.45) is 2.38. The van der Waals surface area contributed by atoms with Crippen LogP contribution in [0.1, 0.15) is 67.5 Å². The van der Waals surface area contributed by atoms with E-state index >= 15 is 0 Å². The Bertz CT molecular complexity index is 2380. The minimum Gasteiger partial charge on any atom is -0.478 e. The Morgan fingerprint density at radius 3 is 1.70 bits per heavy atom. The molecule has 0 spiro atoms. The average Bonchev–Trinajstić information content (AvgIpc) is 3.26. The second kappa shape index (κ2) is 20.6. The number of nitrogens with zero attached hydrogens (tertiary/aromatic N) is 3. The van der Waals surface area contributed by atoms with E-state index in [4.69, 9.17) is 18.9 Å². The maximum absolute atomic E-state index is 12.9. The Labute approximate surface area is 352 Å². The van der Waals surface area contributed by atoms with Crippen molar-refractivity contribution in [2.75, 3.05) is 31.5 Å². The fourth-order valence-electron chi connectivity index (χ4n) is 6.35. The monoisotopic (exact) mass is 827 g/mol. The third-order valence-electron chi connectivity index (χ3n) is 9.37. The quantitative estimate of drug-likeness (QED) is 0.0499. The molecule has 0 aliphatic rings. The maximum atomic E-state index is 12.9. The predicted octanol–water partition coefficient (Wildman–Crippen LogP) is 7.61. The van der Waals surface area contributed by atoms with Crippen LogP contribution in [0.3, 0.4) is 0 Å². The minimum atomic E-state index is -1.67. The molecule has 4 aromatic carbocycles. The van der Waals surface area contributed by atoms with E-state index in [0.717, 1.165) is 11.1 Å². The minimum absolute atomic E-state index is 0.121. The molecule has 314 valence electrons. The lowest BCUT2D eigenvalue weighted by atomic mass is 9.94. The highest BCUT2D eigenvalue weighted by Crippen LogP contribution is 2.36. The molecule has 1 amide bonds. The van der Waals surface area contributed by atoms with Crippen LogP contribution in [0.4, 0.5) is 16.4 Å². The first-order valence-electron chi connectivity index (χ1n) is 19.2. The standard InChI is InChI=1S/C46H45N5O10/c1-29(60-46(57)59-28-58-37-11-5-4-10-35(37)41(49-39-12-6-8-24-47-39)31-15-19-33(20-16-31)43(52)53)26-30-14-23-36(38(27-30)61-45(56)51(2)3)42(50-40-13-7-9-25-48-40)32-17-21-34(22-18-32)44(54)55/h4-25,27,29,41-42,46,57H,26,28H2,1-3H3,(H,47,49)(H,48,50)(H,52,53)(H,54,55). The number of pyridine rings is 2. The molecule has 6 rings (SSSR count). The highest BCUT2D eigenvalue weighted by molar-refractivity contribution is 5.88. The van der Waals surface area contributed by atoms with Gasteiger partial charge in [0.2, 0.25) is 0 Å². The Hall–Kier alpha value is -7.33. The summed E-state index contributed by atoms with van der Waals surface area (Å²) in [5.74, 6) is -0.279. The number of ether oxygens (including phenoxy) is 4. The zero-order valence-corrected chi connectivity index (χ0v) is 33.5. The number of carboxylic acid groups (broad SMARTS) is 2. The van der Waals surface area contributed by atoms with E-state index in [-0.39, 0.29) is 30.1 Å². The molecule has 15 heteroatoms. The molecule has 4 unspecified atom stereocenters. The molecule has 0 aliphatic heterocycles. The van der Waals surface area contributed by atoms with Gasteiger partial charge in [-0.3, -0.25) is 4.74 Å². The van der Waals surface area contributed by atoms with Crippen molar-refractivity contribution in [1.82, 2.24) is 14.9 Å². The first-order chi connectivity index (χ1) is 29.4. The van der Waals surface area contributed by atoms with Gasteiger partial charge in [-0.15, -0.1) is 0 Å². The summed E-state index contributed by atoms with van der Waals surface area (Å²) < 4.78 is 23.2. The van der Waals surface area contributed by atoms with Crippen molar-refractivity contribution in [3.63, 3.8) is 0 Å².